The fourth-order valence-corrected chi connectivity index (χ4v) is 5.14. The highest BCUT2D eigenvalue weighted by Gasteiger charge is 2.32. The molecule has 38 heavy (non-hydrogen) atoms. The molecule has 3 aromatic rings. The Kier molecular flexibility index (Phi) is 7.47. The summed E-state index contributed by atoms with van der Waals surface area (Å²) in [4.78, 5) is 31.4. The predicted octanol–water partition coefficient (Wildman–Crippen LogP) is 4.32. The van der Waals surface area contributed by atoms with Crippen molar-refractivity contribution in [3.8, 4) is 11.3 Å². The number of urea groups is 1. The Morgan fingerprint density at radius 2 is 2.05 bits per heavy atom. The maximum Gasteiger partial charge on any atom is 0.322 e. The molecule has 0 unspecified atom stereocenters. The lowest BCUT2D eigenvalue weighted by Gasteiger charge is -2.39. The average Bonchev–Trinajstić information content (AvgIpc) is 3.27. The van der Waals surface area contributed by atoms with E-state index in [0.717, 1.165) is 42.8 Å². The van der Waals surface area contributed by atoms with Gasteiger partial charge in [0.2, 0.25) is 0 Å². The van der Waals surface area contributed by atoms with Crippen LogP contribution in [0.3, 0.4) is 0 Å². The molecule has 5 rings (SSSR count). The minimum absolute atomic E-state index is 0.0392. The number of aromatic nitrogens is 3. The highest BCUT2D eigenvalue weighted by molar-refractivity contribution is 5.97. The first kappa shape index (κ1) is 26.3. The Hall–Kier alpha value is -3.34. The fourth-order valence-electron chi connectivity index (χ4n) is 5.14. The van der Waals surface area contributed by atoms with Gasteiger partial charge in [-0.3, -0.25) is 9.80 Å². The zero-order valence-electron chi connectivity index (χ0n) is 22.7. The lowest BCUT2D eigenvalue weighted by Crippen LogP contribution is -2.56. The lowest BCUT2D eigenvalue weighted by molar-refractivity contribution is -0.0624. The summed E-state index contributed by atoms with van der Waals surface area (Å²) < 4.78 is 20.6. The van der Waals surface area contributed by atoms with Crippen molar-refractivity contribution >= 4 is 28.3 Å². The topological polar surface area (TPSA) is 89.6 Å². The summed E-state index contributed by atoms with van der Waals surface area (Å²) in [6.45, 7) is 9.65. The van der Waals surface area contributed by atoms with Gasteiger partial charge in [0, 0.05) is 35.4 Å². The number of hydrogen-bond donors (Lipinski definition) is 2. The number of nitrogens with zero attached hydrogens (tertiary/aromatic N) is 5. The monoisotopic (exact) mass is 521 g/mol. The summed E-state index contributed by atoms with van der Waals surface area (Å²) in [5.74, 6) is -0.441. The van der Waals surface area contributed by atoms with Gasteiger partial charge in [-0.05, 0) is 70.6 Å². The van der Waals surface area contributed by atoms with Crippen LogP contribution < -0.4 is 5.32 Å². The first-order valence-electron chi connectivity index (χ1n) is 13.1. The van der Waals surface area contributed by atoms with E-state index in [4.69, 9.17) is 4.74 Å². The van der Waals surface area contributed by atoms with Gasteiger partial charge in [0.05, 0.1) is 37.7 Å². The summed E-state index contributed by atoms with van der Waals surface area (Å²) in [5.41, 5.74) is 5.37. The van der Waals surface area contributed by atoms with E-state index in [-0.39, 0.29) is 18.2 Å². The molecule has 0 spiro atoms. The van der Waals surface area contributed by atoms with Gasteiger partial charge in [-0.25, -0.2) is 19.2 Å². The number of ether oxygens (including phenoxy) is 1. The first-order chi connectivity index (χ1) is 18.2. The standard InChI is InChI=1S/C28H36FN7O2/c1-17(2)38-21-13-36(14-21)28(37)33-24-11-20(29)10-22(18(24)3)26-23-12-25(32-27(23)31-15-30-26)19-6-8-35(9-7-19)16-34(4)5/h6,10-12,15,17,21H,7-9,13-14,16H2,1-5H3,(H,33,37)(H,30,31,32). The van der Waals surface area contributed by atoms with Crippen LogP contribution in [0.1, 0.15) is 31.5 Å². The number of H-pyrrole nitrogens is 1. The van der Waals surface area contributed by atoms with Crippen molar-refractivity contribution in [3.05, 3.63) is 47.7 Å². The molecule has 2 aliphatic heterocycles. The number of carbonyl (C=O) groups excluding carboxylic acids is 1. The second-order valence-corrected chi connectivity index (χ2v) is 10.7. The second-order valence-electron chi connectivity index (χ2n) is 10.7. The maximum absolute atomic E-state index is 14.8. The SMILES string of the molecule is Cc1c(NC(=O)N2CC(OC(C)C)C2)cc(F)cc1-c1ncnc2[nH]c(C3=CCN(CN(C)C)CC3)cc12. The number of anilines is 1. The van der Waals surface area contributed by atoms with Crippen LogP contribution >= 0.6 is 0 Å². The second kappa shape index (κ2) is 10.8. The molecule has 4 heterocycles. The quantitative estimate of drug-likeness (QED) is 0.481. The Balaban J connectivity index is 1.39. The molecule has 1 aromatic carbocycles. The van der Waals surface area contributed by atoms with E-state index in [1.807, 2.05) is 20.8 Å². The van der Waals surface area contributed by atoms with E-state index >= 15 is 0 Å². The van der Waals surface area contributed by atoms with Crippen molar-refractivity contribution in [2.75, 3.05) is 52.3 Å². The highest BCUT2D eigenvalue weighted by Crippen LogP contribution is 2.35. The van der Waals surface area contributed by atoms with Gasteiger partial charge < -0.3 is 19.9 Å². The van der Waals surface area contributed by atoms with Gasteiger partial charge in [-0.2, -0.15) is 0 Å². The molecule has 10 heteroatoms. The summed E-state index contributed by atoms with van der Waals surface area (Å²) in [6, 6.07) is 4.60. The number of halogens is 1. The molecule has 202 valence electrons. The van der Waals surface area contributed by atoms with Crippen molar-refractivity contribution in [2.45, 2.75) is 39.4 Å². The number of aromatic amines is 1. The molecule has 0 radical (unpaired) electrons. The van der Waals surface area contributed by atoms with Gasteiger partial charge in [0.1, 0.15) is 17.8 Å². The summed E-state index contributed by atoms with van der Waals surface area (Å²) in [6.07, 6.45) is 4.82. The van der Waals surface area contributed by atoms with Gasteiger partial charge in [-0.15, -0.1) is 0 Å². The molecule has 0 atom stereocenters. The normalized spacial score (nSPS) is 16.8. The van der Waals surface area contributed by atoms with Gasteiger partial charge in [0.25, 0.3) is 0 Å². The predicted molar refractivity (Wildman–Crippen MR) is 147 cm³/mol. The Morgan fingerprint density at radius 1 is 1.26 bits per heavy atom. The zero-order chi connectivity index (χ0) is 27.0. The van der Waals surface area contributed by atoms with Crippen LogP contribution in [0.4, 0.5) is 14.9 Å². The minimum atomic E-state index is -0.441. The van der Waals surface area contributed by atoms with Crippen LogP contribution in [-0.4, -0.2) is 94.8 Å². The van der Waals surface area contributed by atoms with Crippen molar-refractivity contribution < 1.29 is 13.9 Å². The molecule has 2 aromatic heterocycles. The Bertz CT molecular complexity index is 1360. The van der Waals surface area contributed by atoms with Crippen LogP contribution in [0.15, 0.2) is 30.6 Å². The molecule has 1 saturated heterocycles. The van der Waals surface area contributed by atoms with E-state index in [1.54, 1.807) is 4.90 Å². The van der Waals surface area contributed by atoms with Crippen LogP contribution in [0.25, 0.3) is 27.9 Å². The largest absolute Gasteiger partial charge is 0.372 e. The number of carbonyl (C=O) groups is 1. The summed E-state index contributed by atoms with van der Waals surface area (Å²) in [7, 11) is 4.15. The van der Waals surface area contributed by atoms with E-state index in [1.165, 1.54) is 24.0 Å². The molecule has 1 fully saturated rings. The minimum Gasteiger partial charge on any atom is -0.372 e. The highest BCUT2D eigenvalue weighted by atomic mass is 19.1. The van der Waals surface area contributed by atoms with Gasteiger partial charge in [-0.1, -0.05) is 6.08 Å². The molecule has 9 nitrogen and oxygen atoms in total. The van der Waals surface area contributed by atoms with Gasteiger partial charge >= 0.3 is 6.03 Å². The lowest BCUT2D eigenvalue weighted by atomic mass is 10.00. The number of benzene rings is 1. The third kappa shape index (κ3) is 5.57. The van der Waals surface area contributed by atoms with Gasteiger partial charge in [0.15, 0.2) is 0 Å². The molecule has 0 saturated carbocycles. The molecular weight excluding hydrogens is 485 g/mol. The smallest absolute Gasteiger partial charge is 0.322 e. The van der Waals surface area contributed by atoms with Crippen molar-refractivity contribution in [1.29, 1.82) is 0 Å². The zero-order valence-corrected chi connectivity index (χ0v) is 22.7. The van der Waals surface area contributed by atoms with E-state index in [2.05, 4.69) is 56.3 Å². The maximum atomic E-state index is 14.8. The van der Waals surface area contributed by atoms with Crippen molar-refractivity contribution in [1.82, 2.24) is 29.7 Å². The molecule has 2 N–H and O–H groups in total. The summed E-state index contributed by atoms with van der Waals surface area (Å²) in [5, 5.41) is 3.70. The van der Waals surface area contributed by atoms with E-state index in [9.17, 15) is 9.18 Å². The Labute approximate surface area is 222 Å². The number of rotatable bonds is 7. The Morgan fingerprint density at radius 3 is 2.74 bits per heavy atom. The average molecular weight is 522 g/mol. The molecule has 0 aliphatic carbocycles. The third-order valence-corrected chi connectivity index (χ3v) is 7.02. The van der Waals surface area contributed by atoms with Crippen LogP contribution in [0.2, 0.25) is 0 Å². The van der Waals surface area contributed by atoms with Crippen molar-refractivity contribution in [3.63, 3.8) is 0 Å². The number of hydrogen-bond acceptors (Lipinski definition) is 6. The third-order valence-electron chi connectivity index (χ3n) is 7.02. The molecule has 0 bridgehead atoms. The number of likely N-dealkylation sites (tertiary alicyclic amines) is 1. The first-order valence-corrected chi connectivity index (χ1v) is 13.1. The fraction of sp³-hybridized carbons (Fsp3) is 0.464. The summed E-state index contributed by atoms with van der Waals surface area (Å²) >= 11 is 0. The van der Waals surface area contributed by atoms with E-state index < -0.39 is 5.82 Å². The van der Waals surface area contributed by atoms with Crippen LogP contribution in [0, 0.1) is 12.7 Å². The number of amides is 2. The molecule has 2 amide bonds. The van der Waals surface area contributed by atoms with E-state index in [0.29, 0.717) is 35.7 Å². The molecule has 2 aliphatic rings. The van der Waals surface area contributed by atoms with Crippen LogP contribution in [-0.2, 0) is 4.74 Å². The molecular formula is C28H36FN7O2. The number of fused-ring (bicyclic) bond motifs is 1. The number of nitrogens with one attached hydrogen (secondary N) is 2. The van der Waals surface area contributed by atoms with Crippen molar-refractivity contribution in [2.24, 2.45) is 0 Å². The van der Waals surface area contributed by atoms with Crippen LogP contribution in [0.5, 0.6) is 0 Å².